The van der Waals surface area contributed by atoms with Gasteiger partial charge >= 0.3 is 0 Å². The van der Waals surface area contributed by atoms with Crippen LogP contribution in [0.4, 0.5) is 0 Å². The minimum Gasteiger partial charge on any atom is -0.497 e. The number of hydrogen-bond acceptors (Lipinski definition) is 7. The molecule has 3 rings (SSSR count). The van der Waals surface area contributed by atoms with Crippen LogP contribution in [0.15, 0.2) is 53.7 Å². The minimum absolute atomic E-state index is 0.119. The molecule has 0 aliphatic carbocycles. The molecule has 9 heteroatoms. The van der Waals surface area contributed by atoms with Crippen LogP contribution in [0.25, 0.3) is 5.69 Å². The maximum absolute atomic E-state index is 11.3. The normalized spacial score (nSPS) is 10.7. The number of ether oxygens (including phenoxy) is 2. The summed E-state index contributed by atoms with van der Waals surface area (Å²) < 4.78 is 12.8. The van der Waals surface area contributed by atoms with Crippen LogP contribution in [0.3, 0.4) is 0 Å². The monoisotopic (exact) mass is 430 g/mol. The number of aromatic nitrogens is 3. The molecule has 0 saturated heterocycles. The third-order valence-corrected chi connectivity index (χ3v) is 5.97. The number of nitrogens with zero attached hydrogens (tertiary/aromatic N) is 3. The van der Waals surface area contributed by atoms with E-state index < -0.39 is 5.91 Å². The smallest absolute Gasteiger partial charge is 0.227 e. The number of thioether (sulfide) groups is 2. The molecule has 29 heavy (non-hydrogen) atoms. The molecule has 0 radical (unpaired) electrons. The lowest BCUT2D eigenvalue weighted by molar-refractivity contribution is -0.115. The Morgan fingerprint density at radius 3 is 2.55 bits per heavy atom. The van der Waals surface area contributed by atoms with Crippen molar-refractivity contribution in [3.63, 3.8) is 0 Å². The van der Waals surface area contributed by atoms with Gasteiger partial charge in [0.1, 0.15) is 17.3 Å². The van der Waals surface area contributed by atoms with Gasteiger partial charge in [0.2, 0.25) is 5.91 Å². The zero-order valence-electron chi connectivity index (χ0n) is 16.2. The van der Waals surface area contributed by atoms with Crippen molar-refractivity contribution in [2.45, 2.75) is 16.7 Å². The fourth-order valence-corrected chi connectivity index (χ4v) is 4.27. The van der Waals surface area contributed by atoms with Crippen LogP contribution in [-0.4, -0.2) is 40.6 Å². The third-order valence-electron chi connectivity index (χ3n) is 4.01. The average molecular weight is 431 g/mol. The van der Waals surface area contributed by atoms with Gasteiger partial charge in [0.05, 0.1) is 31.4 Å². The molecular formula is C20H22N4O3S2. The highest BCUT2D eigenvalue weighted by molar-refractivity contribution is 7.99. The summed E-state index contributed by atoms with van der Waals surface area (Å²) in [6, 6.07) is 15.8. The van der Waals surface area contributed by atoms with E-state index in [0.29, 0.717) is 22.4 Å². The number of nitrogens with two attached hydrogens (primary N) is 1. The Labute approximate surface area is 178 Å². The van der Waals surface area contributed by atoms with E-state index in [0.717, 1.165) is 17.3 Å². The summed E-state index contributed by atoms with van der Waals surface area (Å²) in [5.41, 5.74) is 7.33. The predicted molar refractivity (Wildman–Crippen MR) is 116 cm³/mol. The van der Waals surface area contributed by atoms with E-state index in [1.165, 1.54) is 17.3 Å². The fraction of sp³-hybridized carbons (Fsp3) is 0.250. The van der Waals surface area contributed by atoms with Gasteiger partial charge in [0.15, 0.2) is 5.16 Å². The summed E-state index contributed by atoms with van der Waals surface area (Å²) in [6.07, 6.45) is 0. The second-order valence-electron chi connectivity index (χ2n) is 6.01. The molecule has 3 aromatic rings. The van der Waals surface area contributed by atoms with E-state index >= 15 is 0 Å². The molecule has 0 bridgehead atoms. The molecule has 152 valence electrons. The van der Waals surface area contributed by atoms with Gasteiger partial charge in [0.25, 0.3) is 0 Å². The second kappa shape index (κ2) is 10.2. The van der Waals surface area contributed by atoms with Crippen LogP contribution >= 0.6 is 23.5 Å². The van der Waals surface area contributed by atoms with Crippen molar-refractivity contribution in [2.75, 3.05) is 20.0 Å². The first-order valence-electron chi connectivity index (χ1n) is 8.82. The summed E-state index contributed by atoms with van der Waals surface area (Å²) in [5.74, 6) is 3.29. The van der Waals surface area contributed by atoms with Crippen molar-refractivity contribution >= 4 is 29.4 Å². The minimum atomic E-state index is -0.411. The Kier molecular flexibility index (Phi) is 7.42. The Hall–Kier alpha value is -2.65. The summed E-state index contributed by atoms with van der Waals surface area (Å²) in [7, 11) is 3.20. The molecule has 0 aliphatic heterocycles. The SMILES string of the molecule is COc1ccc(-n2c(CSCc3ccccc3)nnc2SCC(N)=O)c(OC)c1. The summed E-state index contributed by atoms with van der Waals surface area (Å²) in [5, 5.41) is 9.21. The molecule has 0 spiro atoms. The van der Waals surface area contributed by atoms with E-state index in [1.54, 1.807) is 32.0 Å². The van der Waals surface area contributed by atoms with Crippen molar-refractivity contribution in [3.05, 3.63) is 59.9 Å². The molecule has 2 aromatic carbocycles. The number of hydrogen-bond donors (Lipinski definition) is 1. The standard InChI is InChI=1S/C20H22N4O3S2/c1-26-15-8-9-16(17(10-15)27-2)24-19(22-23-20(24)29-12-18(21)25)13-28-11-14-6-4-3-5-7-14/h3-10H,11-13H2,1-2H3,(H2,21,25). The number of carbonyl (C=O) groups is 1. The number of primary amides is 1. The van der Waals surface area contributed by atoms with E-state index in [2.05, 4.69) is 22.3 Å². The van der Waals surface area contributed by atoms with Crippen molar-refractivity contribution in [2.24, 2.45) is 5.73 Å². The zero-order chi connectivity index (χ0) is 20.6. The first-order valence-corrected chi connectivity index (χ1v) is 11.0. The van der Waals surface area contributed by atoms with Crippen LogP contribution in [0.1, 0.15) is 11.4 Å². The maximum Gasteiger partial charge on any atom is 0.227 e. The highest BCUT2D eigenvalue weighted by Crippen LogP contribution is 2.33. The lowest BCUT2D eigenvalue weighted by Gasteiger charge is -2.14. The lowest BCUT2D eigenvalue weighted by Crippen LogP contribution is -2.14. The van der Waals surface area contributed by atoms with Gasteiger partial charge < -0.3 is 15.2 Å². The molecule has 0 saturated carbocycles. The number of amides is 1. The quantitative estimate of drug-likeness (QED) is 0.493. The van der Waals surface area contributed by atoms with Crippen LogP contribution in [0.5, 0.6) is 11.5 Å². The van der Waals surface area contributed by atoms with E-state index in [4.69, 9.17) is 15.2 Å². The number of methoxy groups -OCH3 is 2. The van der Waals surface area contributed by atoms with Gasteiger partial charge in [-0.3, -0.25) is 9.36 Å². The summed E-state index contributed by atoms with van der Waals surface area (Å²) >= 11 is 2.99. The number of carbonyl (C=O) groups excluding carboxylic acids is 1. The van der Waals surface area contributed by atoms with Crippen LogP contribution in [0, 0.1) is 0 Å². The highest BCUT2D eigenvalue weighted by Gasteiger charge is 2.19. The van der Waals surface area contributed by atoms with Gasteiger partial charge in [-0.1, -0.05) is 42.1 Å². The van der Waals surface area contributed by atoms with Gasteiger partial charge in [-0.15, -0.1) is 22.0 Å². The molecule has 0 atom stereocenters. The molecule has 1 heterocycles. The topological polar surface area (TPSA) is 92.3 Å². The lowest BCUT2D eigenvalue weighted by atomic mass is 10.2. The Morgan fingerprint density at radius 1 is 1.07 bits per heavy atom. The largest absolute Gasteiger partial charge is 0.497 e. The summed E-state index contributed by atoms with van der Waals surface area (Å²) in [6.45, 7) is 0. The Bertz CT molecular complexity index is 964. The van der Waals surface area contributed by atoms with E-state index in [1.807, 2.05) is 34.9 Å². The van der Waals surface area contributed by atoms with Crippen molar-refractivity contribution in [1.29, 1.82) is 0 Å². The molecular weight excluding hydrogens is 408 g/mol. The zero-order valence-corrected chi connectivity index (χ0v) is 17.8. The Balaban J connectivity index is 1.89. The maximum atomic E-state index is 11.3. The first kappa shape index (κ1) is 21.1. The van der Waals surface area contributed by atoms with Gasteiger partial charge in [0, 0.05) is 11.8 Å². The van der Waals surface area contributed by atoms with Crippen LogP contribution in [0.2, 0.25) is 0 Å². The molecule has 7 nitrogen and oxygen atoms in total. The molecule has 1 aromatic heterocycles. The second-order valence-corrected chi connectivity index (χ2v) is 7.93. The summed E-state index contributed by atoms with van der Waals surface area (Å²) in [4.78, 5) is 11.3. The van der Waals surface area contributed by atoms with Crippen LogP contribution < -0.4 is 15.2 Å². The van der Waals surface area contributed by atoms with Gasteiger partial charge in [-0.25, -0.2) is 0 Å². The van der Waals surface area contributed by atoms with E-state index in [9.17, 15) is 4.79 Å². The molecule has 0 fully saturated rings. The van der Waals surface area contributed by atoms with E-state index in [-0.39, 0.29) is 5.75 Å². The molecule has 1 amide bonds. The van der Waals surface area contributed by atoms with Gasteiger partial charge in [-0.05, 0) is 17.7 Å². The van der Waals surface area contributed by atoms with Crippen LogP contribution in [-0.2, 0) is 16.3 Å². The van der Waals surface area contributed by atoms with Gasteiger partial charge in [-0.2, -0.15) is 0 Å². The van der Waals surface area contributed by atoms with Crippen molar-refractivity contribution in [3.8, 4) is 17.2 Å². The highest BCUT2D eigenvalue weighted by atomic mass is 32.2. The third kappa shape index (κ3) is 5.45. The molecule has 0 unspecified atom stereocenters. The Morgan fingerprint density at radius 2 is 1.86 bits per heavy atom. The molecule has 0 aliphatic rings. The average Bonchev–Trinajstić information content (AvgIpc) is 3.15. The first-order chi connectivity index (χ1) is 14.1. The predicted octanol–water partition coefficient (Wildman–Crippen LogP) is 3.30. The van der Waals surface area contributed by atoms with Crippen molar-refractivity contribution < 1.29 is 14.3 Å². The van der Waals surface area contributed by atoms with Crippen molar-refractivity contribution in [1.82, 2.24) is 14.8 Å². The molecule has 2 N–H and O–H groups in total. The number of benzene rings is 2. The number of rotatable bonds is 10. The fourth-order valence-electron chi connectivity index (χ4n) is 2.67.